The topological polar surface area (TPSA) is 75.1 Å². The summed E-state index contributed by atoms with van der Waals surface area (Å²) in [6.45, 7) is 1.92. The van der Waals surface area contributed by atoms with Gasteiger partial charge in [-0.05, 0) is 25.7 Å². The first-order chi connectivity index (χ1) is 7.63. The van der Waals surface area contributed by atoms with E-state index >= 15 is 0 Å². The van der Waals surface area contributed by atoms with Crippen LogP contribution in [0.25, 0.3) is 0 Å². The van der Waals surface area contributed by atoms with Gasteiger partial charge in [-0.1, -0.05) is 6.92 Å². The summed E-state index contributed by atoms with van der Waals surface area (Å²) in [4.78, 5) is 22.7. The number of carboxylic acids is 1. The number of aliphatic carboxylic acids is 1. The minimum Gasteiger partial charge on any atom is -0.481 e. The van der Waals surface area contributed by atoms with Crippen molar-refractivity contribution in [2.75, 3.05) is 0 Å². The van der Waals surface area contributed by atoms with E-state index in [2.05, 4.69) is 5.10 Å². The summed E-state index contributed by atoms with van der Waals surface area (Å²) in [7, 11) is 0. The number of carbonyl (C=O) groups is 1. The third kappa shape index (κ3) is 1.77. The largest absolute Gasteiger partial charge is 0.481 e. The molecule has 0 aliphatic heterocycles. The van der Waals surface area contributed by atoms with Gasteiger partial charge in [0.15, 0.2) is 0 Å². The van der Waals surface area contributed by atoms with Gasteiger partial charge in [0.2, 0.25) is 0 Å². The Morgan fingerprint density at radius 1 is 1.56 bits per heavy atom. The van der Waals surface area contributed by atoms with E-state index < -0.39 is 5.97 Å². The monoisotopic (exact) mass is 224 g/mol. The molecule has 0 spiro atoms. The molecule has 5 nitrogen and oxygen atoms in total. The van der Waals surface area contributed by atoms with Gasteiger partial charge >= 0.3 is 5.97 Å². The van der Waals surface area contributed by atoms with Crippen LogP contribution in [0, 0.1) is 0 Å². The van der Waals surface area contributed by atoms with Crippen LogP contribution in [-0.4, -0.2) is 20.9 Å². The molecular weight excluding hydrogens is 208 g/mol. The molecule has 88 valence electrons. The van der Waals surface area contributed by atoms with Crippen molar-refractivity contribution in [2.24, 2.45) is 0 Å². The van der Waals surface area contributed by atoms with Gasteiger partial charge in [0.1, 0.15) is 0 Å². The molecule has 1 aromatic rings. The van der Waals surface area contributed by atoms with Crippen molar-refractivity contribution in [3.8, 4) is 0 Å². The molecule has 0 saturated heterocycles. The Morgan fingerprint density at radius 2 is 2.25 bits per heavy atom. The number of carboxylic acid groups (broad SMARTS) is 1. The fraction of sp³-hybridized carbons (Fsp3) is 0.636. The van der Waals surface area contributed by atoms with E-state index in [0.29, 0.717) is 12.0 Å². The van der Waals surface area contributed by atoms with Gasteiger partial charge in [-0.25, -0.2) is 4.68 Å². The second kappa shape index (κ2) is 4.15. The molecule has 2 rings (SSSR count). The highest BCUT2D eigenvalue weighted by Gasteiger charge is 2.25. The van der Waals surface area contributed by atoms with Gasteiger partial charge in [-0.15, -0.1) is 0 Å². The number of hydrogen-bond acceptors (Lipinski definition) is 2. The Hall–Kier alpha value is -1.52. The van der Waals surface area contributed by atoms with Gasteiger partial charge in [0.05, 0.1) is 18.0 Å². The van der Waals surface area contributed by atoms with E-state index in [1.165, 1.54) is 0 Å². The van der Waals surface area contributed by atoms with Crippen LogP contribution in [0.4, 0.5) is 0 Å². The number of hydrogen-bond donors (Lipinski definition) is 2. The van der Waals surface area contributed by atoms with Crippen molar-refractivity contribution in [3.63, 3.8) is 0 Å². The maximum Gasteiger partial charge on any atom is 0.308 e. The summed E-state index contributed by atoms with van der Waals surface area (Å²) in [5.41, 5.74) is 1.03. The second-order valence-electron chi connectivity index (χ2n) is 4.25. The molecule has 0 unspecified atom stereocenters. The number of rotatable bonds is 4. The lowest BCUT2D eigenvalue weighted by Gasteiger charge is -2.25. The fourth-order valence-electron chi connectivity index (χ4n) is 2.07. The Balaban J connectivity index is 2.37. The highest BCUT2D eigenvalue weighted by Crippen LogP contribution is 2.29. The third-order valence-corrected chi connectivity index (χ3v) is 3.22. The zero-order valence-corrected chi connectivity index (χ0v) is 9.32. The van der Waals surface area contributed by atoms with Crippen LogP contribution in [0.15, 0.2) is 4.79 Å². The molecule has 1 fully saturated rings. The zero-order valence-electron chi connectivity index (χ0n) is 9.32. The average molecular weight is 224 g/mol. The summed E-state index contributed by atoms with van der Waals surface area (Å²) in [5.74, 6) is -0.952. The van der Waals surface area contributed by atoms with Crippen molar-refractivity contribution in [2.45, 2.75) is 45.1 Å². The lowest BCUT2D eigenvalue weighted by atomic mass is 9.93. The third-order valence-electron chi connectivity index (χ3n) is 3.22. The van der Waals surface area contributed by atoms with Crippen LogP contribution in [0.5, 0.6) is 0 Å². The quantitative estimate of drug-likeness (QED) is 0.803. The average Bonchev–Trinajstić information content (AvgIpc) is 2.43. The molecule has 5 heteroatoms. The number of aromatic amines is 1. The molecule has 16 heavy (non-hydrogen) atoms. The summed E-state index contributed by atoms with van der Waals surface area (Å²) in [6.07, 6.45) is 3.65. The fourth-order valence-corrected chi connectivity index (χ4v) is 2.07. The Bertz CT molecular complexity index is 454. The van der Waals surface area contributed by atoms with E-state index in [1.54, 1.807) is 4.68 Å². The van der Waals surface area contributed by atoms with E-state index in [1.807, 2.05) is 6.92 Å². The molecule has 0 radical (unpaired) electrons. The molecule has 0 atom stereocenters. The molecule has 0 amide bonds. The van der Waals surface area contributed by atoms with Crippen LogP contribution in [0.2, 0.25) is 0 Å². The molecule has 0 aromatic carbocycles. The van der Waals surface area contributed by atoms with Gasteiger partial charge < -0.3 is 5.11 Å². The summed E-state index contributed by atoms with van der Waals surface area (Å²) in [6, 6.07) is 0.250. The summed E-state index contributed by atoms with van der Waals surface area (Å²) in [5, 5.41) is 11.8. The minimum atomic E-state index is -0.952. The Labute approximate surface area is 93.1 Å². The molecule has 2 N–H and O–H groups in total. The first kappa shape index (κ1) is 11.0. The molecule has 1 aliphatic rings. The van der Waals surface area contributed by atoms with Crippen molar-refractivity contribution >= 4 is 5.97 Å². The van der Waals surface area contributed by atoms with Crippen molar-refractivity contribution in [1.29, 1.82) is 0 Å². The zero-order chi connectivity index (χ0) is 11.7. The highest BCUT2D eigenvalue weighted by atomic mass is 16.4. The smallest absolute Gasteiger partial charge is 0.308 e. The molecular formula is C11H16N2O3. The normalized spacial score (nSPS) is 16.1. The van der Waals surface area contributed by atoms with Gasteiger partial charge in [0.25, 0.3) is 5.56 Å². The number of nitrogens with zero attached hydrogens (tertiary/aromatic N) is 1. The van der Waals surface area contributed by atoms with Gasteiger partial charge in [0, 0.05) is 5.69 Å². The Morgan fingerprint density at radius 3 is 2.69 bits per heavy atom. The molecule has 1 saturated carbocycles. The van der Waals surface area contributed by atoms with E-state index in [-0.39, 0.29) is 18.0 Å². The number of aryl methyl sites for hydroxylation is 1. The van der Waals surface area contributed by atoms with Crippen LogP contribution in [0.3, 0.4) is 0 Å². The first-order valence-electron chi connectivity index (χ1n) is 5.67. The number of nitrogens with one attached hydrogen (secondary N) is 1. The predicted octanol–water partition coefficient (Wildman–Crippen LogP) is 1.09. The van der Waals surface area contributed by atoms with Crippen molar-refractivity contribution < 1.29 is 9.90 Å². The molecule has 1 aromatic heterocycles. The highest BCUT2D eigenvalue weighted by molar-refractivity contribution is 5.70. The maximum absolute atomic E-state index is 12.0. The molecule has 1 heterocycles. The SMILES string of the molecule is CCc1[nH]n(C2CCC2)c(=O)c1CC(=O)O. The number of aromatic nitrogens is 2. The number of H-pyrrole nitrogens is 1. The summed E-state index contributed by atoms with van der Waals surface area (Å²) >= 11 is 0. The standard InChI is InChI=1S/C11H16N2O3/c1-2-9-8(6-10(14)15)11(16)13(12-9)7-4-3-5-7/h7,12H,2-6H2,1H3,(H,14,15). The van der Waals surface area contributed by atoms with Crippen molar-refractivity contribution in [3.05, 3.63) is 21.6 Å². The predicted molar refractivity (Wildman–Crippen MR) is 58.7 cm³/mol. The minimum absolute atomic E-state index is 0.149. The summed E-state index contributed by atoms with van der Waals surface area (Å²) < 4.78 is 1.61. The van der Waals surface area contributed by atoms with E-state index in [4.69, 9.17) is 5.11 Å². The lowest BCUT2D eigenvalue weighted by molar-refractivity contribution is -0.136. The van der Waals surface area contributed by atoms with Gasteiger partial charge in [-0.3, -0.25) is 14.7 Å². The Kier molecular flexibility index (Phi) is 2.85. The van der Waals surface area contributed by atoms with E-state index in [0.717, 1.165) is 25.0 Å². The van der Waals surface area contributed by atoms with Crippen LogP contribution in [-0.2, 0) is 17.6 Å². The van der Waals surface area contributed by atoms with E-state index in [9.17, 15) is 9.59 Å². The first-order valence-corrected chi connectivity index (χ1v) is 5.67. The second-order valence-corrected chi connectivity index (χ2v) is 4.25. The van der Waals surface area contributed by atoms with Gasteiger partial charge in [-0.2, -0.15) is 0 Å². The lowest BCUT2D eigenvalue weighted by Crippen LogP contribution is -2.28. The maximum atomic E-state index is 12.0. The van der Waals surface area contributed by atoms with Crippen LogP contribution in [0.1, 0.15) is 43.5 Å². The van der Waals surface area contributed by atoms with Crippen LogP contribution < -0.4 is 5.56 Å². The van der Waals surface area contributed by atoms with Crippen molar-refractivity contribution in [1.82, 2.24) is 9.78 Å². The van der Waals surface area contributed by atoms with Crippen LogP contribution >= 0.6 is 0 Å². The molecule has 0 bridgehead atoms. The molecule has 1 aliphatic carbocycles.